The standard InChI is InChI=1S/C21H25NO3S/c1-4-24-21(23)19-16-10-6-8-12-18(16)26-20(19)22-13-15-9-5-7-11-17(15)25-14(2)3/h5,7,9,11,13-14H,4,6,8,10,12H2,1-3H3. The molecule has 0 saturated heterocycles. The van der Waals surface area contributed by atoms with Gasteiger partial charge in [0.1, 0.15) is 10.8 Å². The van der Waals surface area contributed by atoms with Crippen molar-refractivity contribution in [3.05, 3.63) is 45.8 Å². The number of nitrogens with zero attached hydrogens (tertiary/aromatic N) is 1. The summed E-state index contributed by atoms with van der Waals surface area (Å²) in [6.45, 7) is 6.21. The Labute approximate surface area is 158 Å². The molecular formula is C21H25NO3S. The van der Waals surface area contributed by atoms with E-state index in [-0.39, 0.29) is 12.1 Å². The number of carbonyl (C=O) groups is 1. The van der Waals surface area contributed by atoms with Crippen molar-refractivity contribution in [1.29, 1.82) is 0 Å². The van der Waals surface area contributed by atoms with Gasteiger partial charge < -0.3 is 9.47 Å². The second-order valence-electron chi connectivity index (χ2n) is 6.57. The van der Waals surface area contributed by atoms with Crippen molar-refractivity contribution in [2.45, 2.75) is 52.6 Å². The molecule has 0 amide bonds. The van der Waals surface area contributed by atoms with E-state index in [1.165, 1.54) is 11.3 Å². The Kier molecular flexibility index (Phi) is 6.09. The molecule has 0 bridgehead atoms. The van der Waals surface area contributed by atoms with Crippen LogP contribution in [0.25, 0.3) is 0 Å². The van der Waals surface area contributed by atoms with Crippen molar-refractivity contribution in [1.82, 2.24) is 0 Å². The van der Waals surface area contributed by atoms with Crippen molar-refractivity contribution >= 4 is 28.5 Å². The lowest BCUT2D eigenvalue weighted by Gasteiger charge is -2.12. The molecule has 1 aromatic carbocycles. The number of esters is 1. The number of carbonyl (C=O) groups excluding carboxylic acids is 1. The highest BCUT2D eigenvalue weighted by atomic mass is 32.1. The van der Waals surface area contributed by atoms with E-state index in [0.717, 1.165) is 41.1 Å². The van der Waals surface area contributed by atoms with Gasteiger partial charge in [-0.2, -0.15) is 0 Å². The Morgan fingerprint density at radius 3 is 2.81 bits per heavy atom. The minimum absolute atomic E-state index is 0.0914. The molecule has 138 valence electrons. The van der Waals surface area contributed by atoms with Gasteiger partial charge in [0.2, 0.25) is 0 Å². The van der Waals surface area contributed by atoms with Crippen LogP contribution >= 0.6 is 11.3 Å². The summed E-state index contributed by atoms with van der Waals surface area (Å²) in [5.74, 6) is 0.538. The third kappa shape index (κ3) is 4.15. The molecule has 1 aliphatic carbocycles. The van der Waals surface area contributed by atoms with Gasteiger partial charge in [-0.05, 0) is 64.2 Å². The van der Waals surface area contributed by atoms with E-state index in [0.29, 0.717) is 12.2 Å². The minimum Gasteiger partial charge on any atom is -0.490 e. The number of aryl methyl sites for hydroxylation is 1. The molecule has 0 saturated carbocycles. The molecule has 0 radical (unpaired) electrons. The monoisotopic (exact) mass is 371 g/mol. The summed E-state index contributed by atoms with van der Waals surface area (Å²) in [5, 5.41) is 0.745. The smallest absolute Gasteiger partial charge is 0.341 e. The van der Waals surface area contributed by atoms with E-state index in [4.69, 9.17) is 9.47 Å². The Morgan fingerprint density at radius 1 is 1.27 bits per heavy atom. The highest BCUT2D eigenvalue weighted by Crippen LogP contribution is 2.40. The van der Waals surface area contributed by atoms with Crippen molar-refractivity contribution < 1.29 is 14.3 Å². The van der Waals surface area contributed by atoms with Crippen molar-refractivity contribution in [2.24, 2.45) is 4.99 Å². The van der Waals surface area contributed by atoms with Gasteiger partial charge in [-0.25, -0.2) is 9.79 Å². The number of hydrogen-bond acceptors (Lipinski definition) is 5. The molecule has 0 unspecified atom stereocenters. The van der Waals surface area contributed by atoms with Gasteiger partial charge in [-0.1, -0.05) is 12.1 Å². The number of benzene rings is 1. The average Bonchev–Trinajstić information content (AvgIpc) is 2.99. The van der Waals surface area contributed by atoms with E-state index in [1.807, 2.05) is 45.0 Å². The molecule has 0 aliphatic heterocycles. The van der Waals surface area contributed by atoms with Crippen LogP contribution in [0.15, 0.2) is 29.3 Å². The van der Waals surface area contributed by atoms with Crippen LogP contribution in [0.1, 0.15) is 60.0 Å². The van der Waals surface area contributed by atoms with Gasteiger partial charge in [0.25, 0.3) is 0 Å². The molecule has 4 nitrogen and oxygen atoms in total. The van der Waals surface area contributed by atoms with Crippen molar-refractivity contribution in [2.75, 3.05) is 6.61 Å². The zero-order valence-corrected chi connectivity index (χ0v) is 16.4. The highest BCUT2D eigenvalue weighted by Gasteiger charge is 2.26. The van der Waals surface area contributed by atoms with Gasteiger partial charge in [-0.15, -0.1) is 11.3 Å². The molecule has 2 aromatic rings. The number of rotatable bonds is 6. The molecule has 1 aromatic heterocycles. The number of thiophene rings is 1. The van der Waals surface area contributed by atoms with E-state index >= 15 is 0 Å². The first-order chi connectivity index (χ1) is 12.6. The normalized spacial score (nSPS) is 13.8. The summed E-state index contributed by atoms with van der Waals surface area (Å²) >= 11 is 1.62. The van der Waals surface area contributed by atoms with Crippen LogP contribution in [0, 0.1) is 0 Å². The van der Waals surface area contributed by atoms with E-state index < -0.39 is 0 Å². The summed E-state index contributed by atoms with van der Waals surface area (Å²) in [6.07, 6.45) is 6.12. The first-order valence-electron chi connectivity index (χ1n) is 9.21. The second-order valence-corrected chi connectivity index (χ2v) is 7.66. The molecule has 0 atom stereocenters. The zero-order valence-electron chi connectivity index (χ0n) is 15.6. The second kappa shape index (κ2) is 8.49. The molecule has 0 spiro atoms. The van der Waals surface area contributed by atoms with Crippen LogP contribution in [-0.2, 0) is 17.6 Å². The fourth-order valence-corrected chi connectivity index (χ4v) is 4.35. The van der Waals surface area contributed by atoms with E-state index in [2.05, 4.69) is 4.99 Å². The van der Waals surface area contributed by atoms with Gasteiger partial charge in [-0.3, -0.25) is 0 Å². The predicted octanol–water partition coefficient (Wildman–Crippen LogP) is 5.34. The van der Waals surface area contributed by atoms with E-state index in [1.54, 1.807) is 17.6 Å². The van der Waals surface area contributed by atoms with Gasteiger partial charge in [0, 0.05) is 16.7 Å². The number of fused-ring (bicyclic) bond motifs is 1. The SMILES string of the molecule is CCOC(=O)c1c(N=Cc2ccccc2OC(C)C)sc2c1CCCC2. The zero-order chi connectivity index (χ0) is 18.5. The predicted molar refractivity (Wildman–Crippen MR) is 106 cm³/mol. The molecular weight excluding hydrogens is 346 g/mol. The summed E-state index contributed by atoms with van der Waals surface area (Å²) in [7, 11) is 0. The Bertz CT molecular complexity index is 808. The Morgan fingerprint density at radius 2 is 2.04 bits per heavy atom. The maximum Gasteiger partial charge on any atom is 0.341 e. The topological polar surface area (TPSA) is 47.9 Å². The van der Waals surface area contributed by atoms with Crippen LogP contribution in [0.2, 0.25) is 0 Å². The Balaban J connectivity index is 1.96. The molecule has 3 rings (SSSR count). The van der Waals surface area contributed by atoms with E-state index in [9.17, 15) is 4.79 Å². The third-order valence-electron chi connectivity index (χ3n) is 4.23. The molecule has 26 heavy (non-hydrogen) atoms. The van der Waals surface area contributed by atoms with Crippen LogP contribution < -0.4 is 4.74 Å². The third-order valence-corrected chi connectivity index (χ3v) is 5.43. The maximum absolute atomic E-state index is 12.5. The lowest BCUT2D eigenvalue weighted by molar-refractivity contribution is 0.0526. The number of hydrogen-bond donors (Lipinski definition) is 0. The first kappa shape index (κ1) is 18.6. The average molecular weight is 372 g/mol. The summed E-state index contributed by atoms with van der Waals surface area (Å²) in [6, 6.07) is 7.81. The molecule has 1 aliphatic rings. The highest BCUT2D eigenvalue weighted by molar-refractivity contribution is 7.16. The quantitative estimate of drug-likeness (QED) is 0.508. The van der Waals surface area contributed by atoms with Crippen molar-refractivity contribution in [3.63, 3.8) is 0 Å². The molecule has 0 fully saturated rings. The summed E-state index contributed by atoms with van der Waals surface area (Å²) < 4.78 is 11.1. The largest absolute Gasteiger partial charge is 0.490 e. The van der Waals surface area contributed by atoms with Crippen LogP contribution in [0.4, 0.5) is 5.00 Å². The van der Waals surface area contributed by atoms with Gasteiger partial charge in [0.15, 0.2) is 0 Å². The minimum atomic E-state index is -0.259. The fraction of sp³-hybridized carbons (Fsp3) is 0.429. The van der Waals surface area contributed by atoms with Crippen LogP contribution in [-0.4, -0.2) is 24.9 Å². The molecule has 1 heterocycles. The lowest BCUT2D eigenvalue weighted by atomic mass is 9.95. The maximum atomic E-state index is 12.5. The van der Waals surface area contributed by atoms with Crippen LogP contribution in [0.5, 0.6) is 5.75 Å². The lowest BCUT2D eigenvalue weighted by Crippen LogP contribution is -2.09. The van der Waals surface area contributed by atoms with Gasteiger partial charge in [0.05, 0.1) is 18.3 Å². The summed E-state index contributed by atoms with van der Waals surface area (Å²) in [4.78, 5) is 18.4. The Hall–Kier alpha value is -2.14. The van der Waals surface area contributed by atoms with Crippen LogP contribution in [0.3, 0.4) is 0 Å². The molecule has 5 heteroatoms. The summed E-state index contributed by atoms with van der Waals surface area (Å²) in [5.41, 5.74) is 2.70. The molecule has 0 N–H and O–H groups in total. The van der Waals surface area contributed by atoms with Gasteiger partial charge >= 0.3 is 5.97 Å². The number of ether oxygens (including phenoxy) is 2. The van der Waals surface area contributed by atoms with Crippen molar-refractivity contribution in [3.8, 4) is 5.75 Å². The number of para-hydroxylation sites is 1. The first-order valence-corrected chi connectivity index (χ1v) is 10.0. The number of aliphatic imine (C=N–C) groups is 1. The fourth-order valence-electron chi connectivity index (χ4n) is 3.13.